The highest BCUT2D eigenvalue weighted by atomic mass is 28.4. The van der Waals surface area contributed by atoms with E-state index in [9.17, 15) is 0 Å². The maximum absolute atomic E-state index is 6.42. The molecule has 0 heterocycles. The van der Waals surface area contributed by atoms with E-state index >= 15 is 0 Å². The van der Waals surface area contributed by atoms with Crippen molar-refractivity contribution in [3.63, 3.8) is 0 Å². The predicted molar refractivity (Wildman–Crippen MR) is 71.7 cm³/mol. The van der Waals surface area contributed by atoms with Crippen LogP contribution in [0.25, 0.3) is 0 Å². The topological polar surface area (TPSA) is 9.23 Å². The second-order valence-corrected chi connectivity index (χ2v) is 10.1. The standard InChI is InChI=1S/C13H28OSi/c1-8-12(13(5,6)7)14-15(9-2,10-3)11-4/h8,12H,1,9-11H2,2-7H3. The minimum Gasteiger partial charge on any atom is -0.410 e. The SMILES string of the molecule is C=CC(O[Si](CC)(CC)CC)C(C)(C)C. The third-order valence-electron chi connectivity index (χ3n) is 3.38. The molecule has 0 aliphatic rings. The van der Waals surface area contributed by atoms with Crippen molar-refractivity contribution < 1.29 is 4.43 Å². The molecule has 0 aliphatic heterocycles. The molecule has 0 aromatic heterocycles. The van der Waals surface area contributed by atoms with Crippen LogP contribution in [0.1, 0.15) is 41.5 Å². The van der Waals surface area contributed by atoms with Crippen LogP contribution in [0.4, 0.5) is 0 Å². The molecular formula is C13H28OSi. The Morgan fingerprint density at radius 1 is 1.13 bits per heavy atom. The molecule has 0 radical (unpaired) electrons. The molecule has 1 atom stereocenters. The molecule has 0 aromatic rings. The van der Waals surface area contributed by atoms with E-state index in [2.05, 4.69) is 48.1 Å². The lowest BCUT2D eigenvalue weighted by Gasteiger charge is -2.38. The first-order valence-corrected chi connectivity index (χ1v) is 8.68. The zero-order chi connectivity index (χ0) is 12.1. The van der Waals surface area contributed by atoms with Gasteiger partial charge in [0.05, 0.1) is 6.10 Å². The Labute approximate surface area is 97.0 Å². The zero-order valence-corrected chi connectivity index (χ0v) is 12.4. The molecule has 1 nitrogen and oxygen atoms in total. The molecule has 0 bridgehead atoms. The molecule has 0 amide bonds. The van der Waals surface area contributed by atoms with Crippen molar-refractivity contribution >= 4 is 8.32 Å². The van der Waals surface area contributed by atoms with E-state index in [-0.39, 0.29) is 11.5 Å². The molecule has 90 valence electrons. The van der Waals surface area contributed by atoms with Gasteiger partial charge in [0, 0.05) is 0 Å². The first-order valence-electron chi connectivity index (χ1n) is 6.15. The van der Waals surface area contributed by atoms with E-state index in [1.165, 1.54) is 18.1 Å². The number of hydrogen-bond acceptors (Lipinski definition) is 1. The van der Waals surface area contributed by atoms with Gasteiger partial charge in [-0.2, -0.15) is 0 Å². The van der Waals surface area contributed by atoms with E-state index in [0.717, 1.165) is 0 Å². The van der Waals surface area contributed by atoms with Crippen LogP contribution >= 0.6 is 0 Å². The van der Waals surface area contributed by atoms with Crippen LogP contribution in [-0.2, 0) is 4.43 Å². The minimum atomic E-state index is -1.48. The van der Waals surface area contributed by atoms with Gasteiger partial charge < -0.3 is 4.43 Å². The average Bonchev–Trinajstić information content (AvgIpc) is 2.19. The van der Waals surface area contributed by atoms with Crippen LogP contribution in [-0.4, -0.2) is 14.4 Å². The van der Waals surface area contributed by atoms with Gasteiger partial charge in [0.25, 0.3) is 0 Å². The molecular weight excluding hydrogens is 200 g/mol. The molecule has 1 unspecified atom stereocenters. The quantitative estimate of drug-likeness (QED) is 0.476. The Kier molecular flexibility index (Phi) is 5.82. The maximum atomic E-state index is 6.42. The minimum absolute atomic E-state index is 0.166. The van der Waals surface area contributed by atoms with Crippen LogP contribution in [0.5, 0.6) is 0 Å². The highest BCUT2D eigenvalue weighted by Crippen LogP contribution is 2.31. The van der Waals surface area contributed by atoms with Gasteiger partial charge in [0.1, 0.15) is 0 Å². The second-order valence-electron chi connectivity index (χ2n) is 5.38. The summed E-state index contributed by atoms with van der Waals surface area (Å²) >= 11 is 0. The summed E-state index contributed by atoms with van der Waals surface area (Å²) in [6, 6.07) is 3.63. The van der Waals surface area contributed by atoms with E-state index in [0.29, 0.717) is 0 Å². The normalized spacial score (nSPS) is 15.1. The lowest BCUT2D eigenvalue weighted by Crippen LogP contribution is -2.43. The van der Waals surface area contributed by atoms with Crippen molar-refractivity contribution in [3.05, 3.63) is 12.7 Å². The van der Waals surface area contributed by atoms with Crippen molar-refractivity contribution in [1.29, 1.82) is 0 Å². The second kappa shape index (κ2) is 5.85. The average molecular weight is 228 g/mol. The van der Waals surface area contributed by atoms with Gasteiger partial charge >= 0.3 is 0 Å². The van der Waals surface area contributed by atoms with Crippen LogP contribution in [0.2, 0.25) is 18.1 Å². The first-order chi connectivity index (χ1) is 6.85. The summed E-state index contributed by atoms with van der Waals surface area (Å²) in [6.07, 6.45) is 2.17. The summed E-state index contributed by atoms with van der Waals surface area (Å²) in [6.45, 7) is 17.4. The monoisotopic (exact) mass is 228 g/mol. The summed E-state index contributed by atoms with van der Waals surface area (Å²) in [7, 11) is -1.48. The molecule has 0 rings (SSSR count). The van der Waals surface area contributed by atoms with Crippen LogP contribution in [0.15, 0.2) is 12.7 Å². The molecule has 0 spiro atoms. The molecule has 0 saturated carbocycles. The van der Waals surface area contributed by atoms with Crippen molar-refractivity contribution in [2.45, 2.75) is 65.8 Å². The third kappa shape index (κ3) is 4.11. The molecule has 2 heteroatoms. The summed E-state index contributed by atoms with van der Waals surface area (Å²) in [5.74, 6) is 0. The Hall–Kier alpha value is -0.0831. The lowest BCUT2D eigenvalue weighted by atomic mass is 9.89. The summed E-state index contributed by atoms with van der Waals surface area (Å²) in [5, 5.41) is 0. The fourth-order valence-electron chi connectivity index (χ4n) is 1.85. The van der Waals surface area contributed by atoms with Crippen molar-refractivity contribution in [2.24, 2.45) is 5.41 Å². The maximum Gasteiger partial charge on any atom is 0.192 e. The van der Waals surface area contributed by atoms with Crippen molar-refractivity contribution in [1.82, 2.24) is 0 Å². The Balaban J connectivity index is 4.71. The number of rotatable bonds is 6. The van der Waals surface area contributed by atoms with Gasteiger partial charge in [-0.05, 0) is 23.5 Å². The largest absolute Gasteiger partial charge is 0.410 e. The van der Waals surface area contributed by atoms with Gasteiger partial charge in [0.2, 0.25) is 0 Å². The molecule has 0 fully saturated rings. The summed E-state index contributed by atoms with van der Waals surface area (Å²) in [4.78, 5) is 0. The van der Waals surface area contributed by atoms with E-state index < -0.39 is 8.32 Å². The predicted octanol–water partition coefficient (Wildman–Crippen LogP) is 4.61. The highest BCUT2D eigenvalue weighted by molar-refractivity contribution is 6.73. The molecule has 0 N–H and O–H groups in total. The van der Waals surface area contributed by atoms with Crippen LogP contribution in [0.3, 0.4) is 0 Å². The Bertz CT molecular complexity index is 181. The smallest absolute Gasteiger partial charge is 0.192 e. The molecule has 0 aromatic carbocycles. The van der Waals surface area contributed by atoms with Crippen molar-refractivity contribution in [2.75, 3.05) is 0 Å². The van der Waals surface area contributed by atoms with Crippen molar-refractivity contribution in [3.8, 4) is 0 Å². The molecule has 15 heavy (non-hydrogen) atoms. The first kappa shape index (κ1) is 14.9. The Morgan fingerprint density at radius 3 is 1.73 bits per heavy atom. The highest BCUT2D eigenvalue weighted by Gasteiger charge is 2.34. The van der Waals surface area contributed by atoms with Crippen LogP contribution < -0.4 is 0 Å². The van der Waals surface area contributed by atoms with E-state index in [1.807, 2.05) is 6.08 Å². The fourth-order valence-corrected chi connectivity index (χ4v) is 4.84. The van der Waals surface area contributed by atoms with Gasteiger partial charge in [-0.25, -0.2) is 0 Å². The van der Waals surface area contributed by atoms with Gasteiger partial charge in [-0.3, -0.25) is 0 Å². The van der Waals surface area contributed by atoms with E-state index in [1.54, 1.807) is 0 Å². The summed E-state index contributed by atoms with van der Waals surface area (Å²) in [5.41, 5.74) is 0.166. The fraction of sp³-hybridized carbons (Fsp3) is 0.846. The lowest BCUT2D eigenvalue weighted by molar-refractivity contribution is 0.117. The Morgan fingerprint density at radius 2 is 1.53 bits per heavy atom. The van der Waals surface area contributed by atoms with Gasteiger partial charge in [0.15, 0.2) is 8.32 Å². The zero-order valence-electron chi connectivity index (χ0n) is 11.4. The molecule has 0 aliphatic carbocycles. The van der Waals surface area contributed by atoms with Gasteiger partial charge in [-0.1, -0.05) is 47.6 Å². The van der Waals surface area contributed by atoms with Gasteiger partial charge in [-0.15, -0.1) is 6.58 Å². The molecule has 0 saturated heterocycles. The summed E-state index contributed by atoms with van der Waals surface area (Å²) < 4.78 is 6.42. The van der Waals surface area contributed by atoms with E-state index in [4.69, 9.17) is 4.43 Å². The number of hydrogen-bond donors (Lipinski definition) is 0. The van der Waals surface area contributed by atoms with Crippen LogP contribution in [0, 0.1) is 5.41 Å². The third-order valence-corrected chi connectivity index (χ3v) is 8.00.